The minimum atomic E-state index is -0.891. The highest BCUT2D eigenvalue weighted by molar-refractivity contribution is 4.38. The summed E-state index contributed by atoms with van der Waals surface area (Å²) in [4.78, 5) is 9.69. The summed E-state index contributed by atoms with van der Waals surface area (Å²) < 4.78 is 0. The van der Waals surface area contributed by atoms with Gasteiger partial charge in [-0.3, -0.25) is 9.68 Å². The van der Waals surface area contributed by atoms with Crippen molar-refractivity contribution in [2.45, 2.75) is 19.6 Å². The number of nitrogens with zero attached hydrogens (tertiary/aromatic N) is 1. The van der Waals surface area contributed by atoms with Crippen LogP contribution in [0.1, 0.15) is 13.3 Å². The van der Waals surface area contributed by atoms with Crippen LogP contribution in [-0.2, 0) is 9.68 Å². The second-order valence-electron chi connectivity index (χ2n) is 2.29. The minimum Gasteiger partial charge on any atom is -0.394 e. The van der Waals surface area contributed by atoms with Crippen LogP contribution in [0.15, 0.2) is 0 Å². The van der Waals surface area contributed by atoms with Gasteiger partial charge in [0.15, 0.2) is 6.23 Å². The maximum Gasteiger partial charge on any atom is 0.156 e. The molecule has 0 aromatic carbocycles. The number of hydrogen-bond donors (Lipinski definition) is 3. The molecule has 0 bridgehead atoms. The van der Waals surface area contributed by atoms with E-state index < -0.39 is 6.23 Å². The average molecular weight is 195 g/mol. The van der Waals surface area contributed by atoms with Crippen LogP contribution in [0.2, 0.25) is 0 Å². The zero-order chi connectivity index (χ0) is 10.1. The average Bonchev–Trinajstić information content (AvgIpc) is 2.17. The molecule has 0 aromatic heterocycles. The summed E-state index contributed by atoms with van der Waals surface area (Å²) >= 11 is 0. The van der Waals surface area contributed by atoms with Crippen LogP contribution in [-0.4, -0.2) is 53.2 Å². The van der Waals surface area contributed by atoms with Crippen molar-refractivity contribution in [3.63, 3.8) is 0 Å². The van der Waals surface area contributed by atoms with Gasteiger partial charge >= 0.3 is 0 Å². The molecule has 1 unspecified atom stereocenters. The molecular weight excluding hydrogens is 178 g/mol. The third kappa shape index (κ3) is 5.92. The van der Waals surface area contributed by atoms with E-state index in [1.807, 2.05) is 0 Å². The van der Waals surface area contributed by atoms with E-state index in [4.69, 9.17) is 19.9 Å². The van der Waals surface area contributed by atoms with Crippen LogP contribution in [0.25, 0.3) is 0 Å². The highest BCUT2D eigenvalue weighted by atomic mass is 17.0. The van der Waals surface area contributed by atoms with Crippen molar-refractivity contribution >= 4 is 0 Å². The van der Waals surface area contributed by atoms with Gasteiger partial charge in [-0.25, -0.2) is 0 Å². The van der Waals surface area contributed by atoms with E-state index in [1.54, 1.807) is 6.92 Å². The Morgan fingerprint density at radius 3 is 1.92 bits per heavy atom. The monoisotopic (exact) mass is 195 g/mol. The lowest BCUT2D eigenvalue weighted by molar-refractivity contribution is -0.420. The predicted octanol–water partition coefficient (Wildman–Crippen LogP) is -1.14. The number of aliphatic hydroxyl groups is 3. The van der Waals surface area contributed by atoms with E-state index in [2.05, 4.69) is 0 Å². The Kier molecular flexibility index (Phi) is 8.21. The highest BCUT2D eigenvalue weighted by Crippen LogP contribution is 2.02. The van der Waals surface area contributed by atoms with Crippen molar-refractivity contribution in [1.29, 1.82) is 0 Å². The molecule has 80 valence electrons. The van der Waals surface area contributed by atoms with Crippen molar-refractivity contribution in [2.24, 2.45) is 0 Å². The van der Waals surface area contributed by atoms with Gasteiger partial charge in [0.2, 0.25) is 0 Å². The van der Waals surface area contributed by atoms with Crippen molar-refractivity contribution in [3.05, 3.63) is 0 Å². The second-order valence-corrected chi connectivity index (χ2v) is 2.29. The smallest absolute Gasteiger partial charge is 0.156 e. The molecule has 0 aromatic rings. The first-order valence-corrected chi connectivity index (χ1v) is 4.21. The normalized spacial score (nSPS) is 13.6. The van der Waals surface area contributed by atoms with E-state index in [0.717, 1.165) is 5.23 Å². The van der Waals surface area contributed by atoms with Gasteiger partial charge in [-0.05, 0) is 11.6 Å². The molecule has 0 radical (unpaired) electrons. The van der Waals surface area contributed by atoms with Gasteiger partial charge in [-0.15, -0.1) is 0 Å². The molecule has 0 saturated heterocycles. The van der Waals surface area contributed by atoms with E-state index in [0.29, 0.717) is 6.42 Å². The number of hydrogen-bond acceptors (Lipinski definition) is 6. The highest BCUT2D eigenvalue weighted by Gasteiger charge is 2.14. The molecule has 0 amide bonds. The first-order chi connectivity index (χ1) is 6.26. The molecule has 3 N–H and O–H groups in total. The summed E-state index contributed by atoms with van der Waals surface area (Å²) in [6.45, 7) is 1.53. The maximum atomic E-state index is 9.28. The molecule has 1 atom stereocenters. The lowest BCUT2D eigenvalue weighted by Gasteiger charge is -2.24. The molecule has 0 fully saturated rings. The number of aliphatic hydroxyl groups excluding tert-OH is 3. The summed E-state index contributed by atoms with van der Waals surface area (Å²) in [5.41, 5.74) is 0. The quantitative estimate of drug-likeness (QED) is 0.335. The lowest BCUT2D eigenvalue weighted by atomic mass is 10.4. The topological polar surface area (TPSA) is 82.4 Å². The van der Waals surface area contributed by atoms with E-state index in [9.17, 15) is 5.11 Å². The van der Waals surface area contributed by atoms with Crippen LogP contribution < -0.4 is 0 Å². The van der Waals surface area contributed by atoms with Gasteiger partial charge in [-0.1, -0.05) is 6.92 Å². The van der Waals surface area contributed by atoms with Gasteiger partial charge in [0.1, 0.15) is 0 Å². The van der Waals surface area contributed by atoms with Crippen molar-refractivity contribution in [1.82, 2.24) is 5.23 Å². The van der Waals surface area contributed by atoms with Gasteiger partial charge < -0.3 is 15.3 Å². The minimum absolute atomic E-state index is 0.0441. The summed E-state index contributed by atoms with van der Waals surface area (Å²) in [6, 6.07) is 0. The Balaban J connectivity index is 3.72. The van der Waals surface area contributed by atoms with Crippen LogP contribution >= 0.6 is 0 Å². The third-order valence-electron chi connectivity index (χ3n) is 1.23. The number of rotatable bonds is 8. The molecule has 0 rings (SSSR count). The van der Waals surface area contributed by atoms with E-state index in [1.165, 1.54) is 0 Å². The zero-order valence-electron chi connectivity index (χ0n) is 7.72. The first kappa shape index (κ1) is 12.8. The van der Waals surface area contributed by atoms with Crippen molar-refractivity contribution < 1.29 is 25.0 Å². The molecule has 13 heavy (non-hydrogen) atoms. The van der Waals surface area contributed by atoms with Gasteiger partial charge in [0.05, 0.1) is 26.4 Å². The predicted molar refractivity (Wildman–Crippen MR) is 44.2 cm³/mol. The van der Waals surface area contributed by atoms with Crippen LogP contribution in [0.5, 0.6) is 0 Å². The Bertz CT molecular complexity index is 105. The van der Waals surface area contributed by atoms with E-state index >= 15 is 0 Å². The fourth-order valence-electron chi connectivity index (χ4n) is 0.620. The molecule has 0 aliphatic carbocycles. The summed E-state index contributed by atoms with van der Waals surface area (Å²) in [7, 11) is 0. The molecule has 0 saturated carbocycles. The molecular formula is C7H17NO5. The largest absolute Gasteiger partial charge is 0.394 e. The Morgan fingerprint density at radius 2 is 1.62 bits per heavy atom. The van der Waals surface area contributed by atoms with Crippen LogP contribution in [0.4, 0.5) is 0 Å². The molecule has 0 aliphatic heterocycles. The fourth-order valence-corrected chi connectivity index (χ4v) is 0.620. The molecule has 0 heterocycles. The summed E-state index contributed by atoms with van der Waals surface area (Å²) in [6.07, 6.45) is -0.463. The van der Waals surface area contributed by atoms with Gasteiger partial charge in [0, 0.05) is 0 Å². The zero-order valence-corrected chi connectivity index (χ0v) is 7.72. The number of hydroxylamine groups is 2. The standard InChI is InChI=1S/C7H17NO5/c1-2-7(11)8(12-5-3-9)13-6-4-10/h7,9-11H,2-6H2,1H3. The fraction of sp³-hybridized carbons (Fsp3) is 1.00. The van der Waals surface area contributed by atoms with Crippen LogP contribution in [0, 0.1) is 0 Å². The molecule has 0 aliphatic rings. The lowest BCUT2D eigenvalue weighted by Crippen LogP contribution is -2.36. The summed E-state index contributed by atoms with van der Waals surface area (Å²) in [5.74, 6) is 0. The Hall–Kier alpha value is -0.240. The van der Waals surface area contributed by atoms with Crippen molar-refractivity contribution in [2.75, 3.05) is 26.4 Å². The molecule has 0 spiro atoms. The Morgan fingerprint density at radius 1 is 1.15 bits per heavy atom. The Labute approximate surface area is 77.2 Å². The third-order valence-corrected chi connectivity index (χ3v) is 1.23. The van der Waals surface area contributed by atoms with Gasteiger partial charge in [-0.2, -0.15) is 0 Å². The SMILES string of the molecule is CCC(O)N(OCCO)OCCO. The van der Waals surface area contributed by atoms with Crippen molar-refractivity contribution in [3.8, 4) is 0 Å². The molecule has 6 nitrogen and oxygen atoms in total. The van der Waals surface area contributed by atoms with E-state index in [-0.39, 0.29) is 26.4 Å². The first-order valence-electron chi connectivity index (χ1n) is 4.21. The van der Waals surface area contributed by atoms with Gasteiger partial charge in [0.25, 0.3) is 0 Å². The molecule has 6 heteroatoms. The summed E-state index contributed by atoms with van der Waals surface area (Å²) in [5, 5.41) is 27.1. The second kappa shape index (κ2) is 8.36. The van der Waals surface area contributed by atoms with Crippen LogP contribution in [0.3, 0.4) is 0 Å². The maximum absolute atomic E-state index is 9.28.